The van der Waals surface area contributed by atoms with Crippen LogP contribution in [0.2, 0.25) is 0 Å². The van der Waals surface area contributed by atoms with Gasteiger partial charge in [0, 0.05) is 23.5 Å². The number of carbonyl (C=O) groups excluding carboxylic acids is 1. The molecule has 2 N–H and O–H groups in total. The average Bonchev–Trinajstić information content (AvgIpc) is 2.42. The number of amides is 1. The molecule has 0 fully saturated rings. The van der Waals surface area contributed by atoms with Crippen LogP contribution in [0.3, 0.4) is 0 Å². The van der Waals surface area contributed by atoms with Crippen molar-refractivity contribution in [2.75, 3.05) is 17.2 Å². The van der Waals surface area contributed by atoms with E-state index in [-0.39, 0.29) is 5.91 Å². The number of carbonyl (C=O) groups is 1. The van der Waals surface area contributed by atoms with Crippen molar-refractivity contribution in [3.8, 4) is 0 Å². The Morgan fingerprint density at radius 2 is 1.67 bits per heavy atom. The van der Waals surface area contributed by atoms with Gasteiger partial charge in [-0.2, -0.15) is 0 Å². The quantitative estimate of drug-likeness (QED) is 0.838. The molecule has 0 aliphatic heterocycles. The monoisotopic (exact) mass is 240 g/mol. The smallest absolute Gasteiger partial charge is 0.258 e. The second kappa shape index (κ2) is 5.36. The van der Waals surface area contributed by atoms with Crippen LogP contribution in [0.25, 0.3) is 0 Å². The topological polar surface area (TPSA) is 46.3 Å². The maximum atomic E-state index is 12.4. The summed E-state index contributed by atoms with van der Waals surface area (Å²) in [5.41, 5.74) is 7.90. The molecular weight excluding hydrogens is 224 g/mol. The zero-order chi connectivity index (χ0) is 13.0. The molecule has 2 aromatic rings. The van der Waals surface area contributed by atoms with Gasteiger partial charge >= 0.3 is 0 Å². The molecule has 0 bridgehead atoms. The fourth-order valence-electron chi connectivity index (χ4n) is 1.83. The van der Waals surface area contributed by atoms with Crippen molar-refractivity contribution >= 4 is 17.3 Å². The van der Waals surface area contributed by atoms with E-state index in [2.05, 4.69) is 0 Å². The van der Waals surface area contributed by atoms with Crippen LogP contribution in [-0.4, -0.2) is 12.5 Å². The van der Waals surface area contributed by atoms with Gasteiger partial charge in [0.15, 0.2) is 0 Å². The Labute approximate surface area is 107 Å². The summed E-state index contributed by atoms with van der Waals surface area (Å²) in [5.74, 6) is 0.00266. The Kier molecular flexibility index (Phi) is 3.63. The van der Waals surface area contributed by atoms with E-state index in [1.807, 2.05) is 49.4 Å². The minimum Gasteiger partial charge on any atom is -0.399 e. The summed E-state index contributed by atoms with van der Waals surface area (Å²) in [6, 6.07) is 16.6. The second-order valence-corrected chi connectivity index (χ2v) is 4.01. The van der Waals surface area contributed by atoms with Crippen molar-refractivity contribution in [3.05, 3.63) is 60.2 Å². The summed E-state index contributed by atoms with van der Waals surface area (Å²) in [7, 11) is 0. The standard InChI is InChI=1S/C15H16N2O/c1-2-17(14-10-8-13(16)9-11-14)15(18)12-6-4-3-5-7-12/h3-11H,2,16H2,1H3. The first-order valence-electron chi connectivity index (χ1n) is 5.95. The van der Waals surface area contributed by atoms with Gasteiger partial charge in [-0.25, -0.2) is 0 Å². The lowest BCUT2D eigenvalue weighted by Gasteiger charge is -2.21. The van der Waals surface area contributed by atoms with E-state index in [1.54, 1.807) is 17.0 Å². The van der Waals surface area contributed by atoms with Gasteiger partial charge in [0.05, 0.1) is 0 Å². The normalized spacial score (nSPS) is 10.1. The van der Waals surface area contributed by atoms with Gasteiger partial charge in [0.25, 0.3) is 5.91 Å². The van der Waals surface area contributed by atoms with Gasteiger partial charge in [-0.05, 0) is 43.3 Å². The third kappa shape index (κ3) is 2.51. The first-order valence-corrected chi connectivity index (χ1v) is 5.95. The van der Waals surface area contributed by atoms with E-state index < -0.39 is 0 Å². The largest absolute Gasteiger partial charge is 0.399 e. The van der Waals surface area contributed by atoms with Crippen LogP contribution < -0.4 is 10.6 Å². The van der Waals surface area contributed by atoms with Crippen molar-refractivity contribution in [1.82, 2.24) is 0 Å². The molecule has 0 heterocycles. The summed E-state index contributed by atoms with van der Waals surface area (Å²) in [6.45, 7) is 2.58. The van der Waals surface area contributed by atoms with E-state index in [0.29, 0.717) is 17.8 Å². The predicted octanol–water partition coefficient (Wildman–Crippen LogP) is 2.94. The van der Waals surface area contributed by atoms with Crippen LogP contribution in [0.15, 0.2) is 54.6 Å². The van der Waals surface area contributed by atoms with Gasteiger partial charge in [-0.1, -0.05) is 18.2 Å². The molecule has 0 unspecified atom stereocenters. The lowest BCUT2D eigenvalue weighted by Crippen LogP contribution is -2.30. The predicted molar refractivity (Wildman–Crippen MR) is 74.6 cm³/mol. The van der Waals surface area contributed by atoms with Crippen LogP contribution in [0.4, 0.5) is 11.4 Å². The molecule has 0 spiro atoms. The summed E-state index contributed by atoms with van der Waals surface area (Å²) in [5, 5.41) is 0. The molecule has 92 valence electrons. The van der Waals surface area contributed by atoms with E-state index >= 15 is 0 Å². The molecule has 0 atom stereocenters. The lowest BCUT2D eigenvalue weighted by atomic mass is 10.2. The number of benzene rings is 2. The zero-order valence-corrected chi connectivity index (χ0v) is 10.3. The maximum absolute atomic E-state index is 12.4. The Bertz CT molecular complexity index is 520. The van der Waals surface area contributed by atoms with Gasteiger partial charge in [0.1, 0.15) is 0 Å². The third-order valence-corrected chi connectivity index (χ3v) is 2.79. The summed E-state index contributed by atoms with van der Waals surface area (Å²) >= 11 is 0. The summed E-state index contributed by atoms with van der Waals surface area (Å²) in [4.78, 5) is 14.1. The molecule has 0 aliphatic rings. The lowest BCUT2D eigenvalue weighted by molar-refractivity contribution is 0.0988. The molecule has 1 amide bonds. The third-order valence-electron chi connectivity index (χ3n) is 2.79. The van der Waals surface area contributed by atoms with Gasteiger partial charge < -0.3 is 10.6 Å². The molecule has 0 saturated heterocycles. The zero-order valence-electron chi connectivity index (χ0n) is 10.3. The fourth-order valence-corrected chi connectivity index (χ4v) is 1.83. The molecule has 0 radical (unpaired) electrons. The molecule has 0 saturated carbocycles. The Balaban J connectivity index is 2.29. The second-order valence-electron chi connectivity index (χ2n) is 4.01. The van der Waals surface area contributed by atoms with Crippen LogP contribution in [-0.2, 0) is 0 Å². The minimum absolute atomic E-state index is 0.00266. The highest BCUT2D eigenvalue weighted by Gasteiger charge is 2.15. The number of anilines is 2. The van der Waals surface area contributed by atoms with Crippen molar-refractivity contribution in [3.63, 3.8) is 0 Å². The fraction of sp³-hybridized carbons (Fsp3) is 0.133. The van der Waals surface area contributed by atoms with Crippen molar-refractivity contribution < 1.29 is 4.79 Å². The Morgan fingerprint density at radius 1 is 1.06 bits per heavy atom. The number of hydrogen-bond donors (Lipinski definition) is 1. The number of nitrogen functional groups attached to an aromatic ring is 1. The van der Waals surface area contributed by atoms with Crippen LogP contribution in [0.1, 0.15) is 17.3 Å². The van der Waals surface area contributed by atoms with E-state index in [9.17, 15) is 4.79 Å². The molecule has 2 rings (SSSR count). The van der Waals surface area contributed by atoms with Crippen molar-refractivity contribution in [1.29, 1.82) is 0 Å². The van der Waals surface area contributed by atoms with E-state index in [0.717, 1.165) is 5.69 Å². The average molecular weight is 240 g/mol. The molecule has 18 heavy (non-hydrogen) atoms. The molecular formula is C15H16N2O. The van der Waals surface area contributed by atoms with Crippen LogP contribution >= 0.6 is 0 Å². The van der Waals surface area contributed by atoms with Crippen molar-refractivity contribution in [2.45, 2.75) is 6.92 Å². The molecule has 3 nitrogen and oxygen atoms in total. The maximum Gasteiger partial charge on any atom is 0.258 e. The molecule has 2 aromatic carbocycles. The van der Waals surface area contributed by atoms with E-state index in [4.69, 9.17) is 5.73 Å². The highest BCUT2D eigenvalue weighted by Crippen LogP contribution is 2.18. The van der Waals surface area contributed by atoms with Gasteiger partial charge in [0.2, 0.25) is 0 Å². The van der Waals surface area contributed by atoms with E-state index in [1.165, 1.54) is 0 Å². The number of nitrogens with zero attached hydrogens (tertiary/aromatic N) is 1. The molecule has 3 heteroatoms. The van der Waals surface area contributed by atoms with Crippen LogP contribution in [0, 0.1) is 0 Å². The Hall–Kier alpha value is -2.29. The first kappa shape index (κ1) is 12.2. The van der Waals surface area contributed by atoms with Crippen molar-refractivity contribution in [2.24, 2.45) is 0 Å². The number of nitrogens with two attached hydrogens (primary N) is 1. The minimum atomic E-state index is 0.00266. The van der Waals surface area contributed by atoms with Crippen LogP contribution in [0.5, 0.6) is 0 Å². The highest BCUT2D eigenvalue weighted by atomic mass is 16.2. The Morgan fingerprint density at radius 3 is 2.22 bits per heavy atom. The van der Waals surface area contributed by atoms with Gasteiger partial charge in [-0.3, -0.25) is 4.79 Å². The number of rotatable bonds is 3. The van der Waals surface area contributed by atoms with Gasteiger partial charge in [-0.15, -0.1) is 0 Å². The summed E-state index contributed by atoms with van der Waals surface area (Å²) < 4.78 is 0. The summed E-state index contributed by atoms with van der Waals surface area (Å²) in [6.07, 6.45) is 0. The molecule has 0 aliphatic carbocycles. The highest BCUT2D eigenvalue weighted by molar-refractivity contribution is 6.06. The molecule has 0 aromatic heterocycles. The number of hydrogen-bond acceptors (Lipinski definition) is 2. The SMILES string of the molecule is CCN(C(=O)c1ccccc1)c1ccc(N)cc1. The first-order chi connectivity index (χ1) is 8.72.